The zero-order valence-electron chi connectivity index (χ0n) is 24.2. The highest BCUT2D eigenvalue weighted by molar-refractivity contribution is 6.46. The number of rotatable bonds is 12. The van der Waals surface area contributed by atoms with Crippen LogP contribution in [0.25, 0.3) is 5.76 Å². The van der Waals surface area contributed by atoms with Crippen molar-refractivity contribution in [3.63, 3.8) is 0 Å². The Kier molecular flexibility index (Phi) is 9.76. The molecule has 2 aliphatic heterocycles. The van der Waals surface area contributed by atoms with Crippen LogP contribution in [0.4, 0.5) is 0 Å². The minimum atomic E-state index is -0.822. The Balaban J connectivity index is 1.47. The van der Waals surface area contributed by atoms with Crippen molar-refractivity contribution in [1.82, 2.24) is 9.80 Å². The molecule has 43 heavy (non-hydrogen) atoms. The van der Waals surface area contributed by atoms with Crippen molar-refractivity contribution in [3.05, 3.63) is 108 Å². The molecule has 1 amide bonds. The average Bonchev–Trinajstić information content (AvgIpc) is 3.31. The van der Waals surface area contributed by atoms with Crippen molar-refractivity contribution in [3.8, 4) is 17.2 Å². The average molecular weight is 585 g/mol. The van der Waals surface area contributed by atoms with Gasteiger partial charge in [0.25, 0.3) is 11.7 Å². The molecule has 9 nitrogen and oxygen atoms in total. The Labute approximate surface area is 251 Å². The van der Waals surface area contributed by atoms with Crippen molar-refractivity contribution < 1.29 is 33.6 Å². The number of Topliss-reactive ketones (excluding diaryl/α,β-unsaturated/α-hetero) is 1. The summed E-state index contributed by atoms with van der Waals surface area (Å²) in [6, 6.07) is 21.1. The Morgan fingerprint density at radius 3 is 2.42 bits per heavy atom. The van der Waals surface area contributed by atoms with E-state index in [0.717, 1.165) is 18.7 Å². The Hall–Kier alpha value is -4.60. The molecule has 1 N–H and O–H groups in total. The van der Waals surface area contributed by atoms with Gasteiger partial charge in [0.1, 0.15) is 24.7 Å². The number of hydrogen-bond donors (Lipinski definition) is 1. The van der Waals surface area contributed by atoms with E-state index >= 15 is 0 Å². The Morgan fingerprint density at radius 1 is 0.977 bits per heavy atom. The first-order chi connectivity index (χ1) is 21.0. The minimum Gasteiger partial charge on any atom is -0.507 e. The number of carbonyl (C=O) groups is 2. The SMILES string of the molecule is C=CCOc1ccc(C2/C(=C(\O)c3ccc(OCc4ccccc4)cc3)C(=O)C(=O)N2CCN2CCOCC2)cc1OC. The fourth-order valence-electron chi connectivity index (χ4n) is 5.26. The van der Waals surface area contributed by atoms with Gasteiger partial charge in [-0.2, -0.15) is 0 Å². The predicted octanol–water partition coefficient (Wildman–Crippen LogP) is 4.59. The van der Waals surface area contributed by atoms with Crippen LogP contribution in [0.15, 0.2) is 91.0 Å². The highest BCUT2D eigenvalue weighted by Crippen LogP contribution is 2.42. The molecule has 0 aliphatic carbocycles. The number of aliphatic hydroxyl groups excluding tert-OH is 1. The van der Waals surface area contributed by atoms with E-state index in [0.29, 0.717) is 67.9 Å². The Bertz CT molecular complexity index is 1460. The maximum absolute atomic E-state index is 13.5. The summed E-state index contributed by atoms with van der Waals surface area (Å²) in [5.74, 6) is -0.0884. The second-order valence-electron chi connectivity index (χ2n) is 10.3. The number of amides is 1. The molecule has 3 aromatic carbocycles. The van der Waals surface area contributed by atoms with Gasteiger partial charge in [-0.25, -0.2) is 0 Å². The molecule has 2 fully saturated rings. The first kappa shape index (κ1) is 29.9. The third kappa shape index (κ3) is 6.90. The quantitative estimate of drug-likeness (QED) is 0.143. The van der Waals surface area contributed by atoms with E-state index < -0.39 is 17.7 Å². The van der Waals surface area contributed by atoms with Crippen LogP contribution >= 0.6 is 0 Å². The lowest BCUT2D eigenvalue weighted by Gasteiger charge is -2.31. The fourth-order valence-corrected chi connectivity index (χ4v) is 5.26. The van der Waals surface area contributed by atoms with Gasteiger partial charge >= 0.3 is 0 Å². The number of morpholine rings is 1. The van der Waals surface area contributed by atoms with Gasteiger partial charge in [0, 0.05) is 31.7 Å². The summed E-state index contributed by atoms with van der Waals surface area (Å²) < 4.78 is 22.6. The van der Waals surface area contributed by atoms with Gasteiger partial charge in [0.2, 0.25) is 0 Å². The zero-order chi connectivity index (χ0) is 30.2. The van der Waals surface area contributed by atoms with E-state index in [1.807, 2.05) is 30.3 Å². The second-order valence-corrected chi connectivity index (χ2v) is 10.3. The van der Waals surface area contributed by atoms with Gasteiger partial charge in [-0.3, -0.25) is 14.5 Å². The van der Waals surface area contributed by atoms with Crippen LogP contribution in [0, 0.1) is 0 Å². The summed E-state index contributed by atoms with van der Waals surface area (Å²) in [5.41, 5.74) is 2.07. The minimum absolute atomic E-state index is 0.0201. The summed E-state index contributed by atoms with van der Waals surface area (Å²) in [4.78, 5) is 30.7. The zero-order valence-corrected chi connectivity index (χ0v) is 24.2. The summed E-state index contributed by atoms with van der Waals surface area (Å²) in [6.07, 6.45) is 1.63. The van der Waals surface area contributed by atoms with Crippen molar-refractivity contribution in [2.75, 3.05) is 53.1 Å². The molecule has 0 radical (unpaired) electrons. The number of likely N-dealkylation sites (tertiary alicyclic amines) is 1. The topological polar surface area (TPSA) is 97.8 Å². The van der Waals surface area contributed by atoms with Crippen LogP contribution in [-0.2, 0) is 20.9 Å². The number of ketones is 1. The van der Waals surface area contributed by atoms with E-state index in [9.17, 15) is 14.7 Å². The maximum Gasteiger partial charge on any atom is 0.295 e. The van der Waals surface area contributed by atoms with E-state index in [4.69, 9.17) is 18.9 Å². The smallest absolute Gasteiger partial charge is 0.295 e. The highest BCUT2D eigenvalue weighted by atomic mass is 16.5. The summed E-state index contributed by atoms with van der Waals surface area (Å²) in [6.45, 7) is 7.98. The molecule has 0 aromatic heterocycles. The lowest BCUT2D eigenvalue weighted by molar-refractivity contribution is -0.140. The van der Waals surface area contributed by atoms with Gasteiger partial charge in [0.05, 0.1) is 31.9 Å². The van der Waals surface area contributed by atoms with Crippen molar-refractivity contribution >= 4 is 17.4 Å². The molecular formula is C34H36N2O7. The van der Waals surface area contributed by atoms with Crippen LogP contribution < -0.4 is 14.2 Å². The van der Waals surface area contributed by atoms with Crippen LogP contribution in [0.5, 0.6) is 17.2 Å². The van der Waals surface area contributed by atoms with Crippen molar-refractivity contribution in [2.24, 2.45) is 0 Å². The molecule has 0 spiro atoms. The van der Waals surface area contributed by atoms with Crippen molar-refractivity contribution in [2.45, 2.75) is 12.6 Å². The molecule has 5 rings (SSSR count). The molecule has 0 saturated carbocycles. The largest absolute Gasteiger partial charge is 0.507 e. The molecule has 0 bridgehead atoms. The van der Waals surface area contributed by atoms with Gasteiger partial charge in [-0.15, -0.1) is 0 Å². The number of nitrogens with zero attached hydrogens (tertiary/aromatic N) is 2. The first-order valence-electron chi connectivity index (χ1n) is 14.3. The maximum atomic E-state index is 13.5. The van der Waals surface area contributed by atoms with E-state index in [2.05, 4.69) is 11.5 Å². The summed E-state index contributed by atoms with van der Waals surface area (Å²) in [7, 11) is 1.52. The number of aliphatic hydroxyl groups is 1. The van der Waals surface area contributed by atoms with Crippen LogP contribution in [0.1, 0.15) is 22.7 Å². The van der Waals surface area contributed by atoms with Crippen LogP contribution in [-0.4, -0.2) is 79.7 Å². The number of benzene rings is 3. The molecule has 3 aromatic rings. The molecule has 2 heterocycles. The van der Waals surface area contributed by atoms with Gasteiger partial charge in [-0.1, -0.05) is 49.1 Å². The highest BCUT2D eigenvalue weighted by Gasteiger charge is 2.46. The lowest BCUT2D eigenvalue weighted by atomic mass is 9.95. The normalized spacial score (nSPS) is 18.4. The summed E-state index contributed by atoms with van der Waals surface area (Å²) >= 11 is 0. The van der Waals surface area contributed by atoms with Gasteiger partial charge in [-0.05, 0) is 47.5 Å². The summed E-state index contributed by atoms with van der Waals surface area (Å²) in [5, 5.41) is 11.5. The second kappa shape index (κ2) is 14.0. The number of ether oxygens (including phenoxy) is 4. The Morgan fingerprint density at radius 2 is 1.72 bits per heavy atom. The molecule has 1 unspecified atom stereocenters. The van der Waals surface area contributed by atoms with Gasteiger partial charge < -0.3 is 29.0 Å². The third-order valence-corrected chi connectivity index (χ3v) is 7.54. The predicted molar refractivity (Wildman–Crippen MR) is 162 cm³/mol. The number of hydrogen-bond acceptors (Lipinski definition) is 8. The molecular weight excluding hydrogens is 548 g/mol. The number of methoxy groups -OCH3 is 1. The van der Waals surface area contributed by atoms with Crippen LogP contribution in [0.2, 0.25) is 0 Å². The van der Waals surface area contributed by atoms with Crippen LogP contribution in [0.3, 0.4) is 0 Å². The molecule has 9 heteroatoms. The molecule has 1 atom stereocenters. The molecule has 2 aliphatic rings. The van der Waals surface area contributed by atoms with E-state index in [1.165, 1.54) is 12.0 Å². The first-order valence-corrected chi connectivity index (χ1v) is 14.3. The molecule has 224 valence electrons. The standard InChI is InChI=1S/C34H36N2O7/c1-3-19-42-28-14-11-26(22-29(28)40-2)31-30(33(38)34(39)36(31)16-15-35-17-20-41-21-18-35)32(37)25-9-12-27(13-10-25)43-23-24-7-5-4-6-8-24/h3-14,22,31,37H,1,15-21,23H2,2H3/b32-30+. The third-order valence-electron chi connectivity index (χ3n) is 7.54. The van der Waals surface area contributed by atoms with Gasteiger partial charge in [0.15, 0.2) is 11.5 Å². The fraction of sp³-hybridized carbons (Fsp3) is 0.294. The lowest BCUT2D eigenvalue weighted by Crippen LogP contribution is -2.42. The number of carbonyl (C=O) groups excluding carboxylic acids is 2. The molecule has 2 saturated heterocycles. The van der Waals surface area contributed by atoms with E-state index in [-0.39, 0.29) is 11.3 Å². The van der Waals surface area contributed by atoms with Crippen molar-refractivity contribution in [1.29, 1.82) is 0 Å². The van der Waals surface area contributed by atoms with E-state index in [1.54, 1.807) is 48.5 Å². The monoisotopic (exact) mass is 584 g/mol.